The standard InChI is InChI=1S/C22H20ClN3O2S/c1-3-17(21(27)24-12-14-7-6-8-15(23)11-14)26-22(28)19-16-9-4-5-10-18(16)29-20(19)13(2)25-26/h4-11,17H,3,12H2,1-2H3,(H,24,27)/t17-/m0/s1. The van der Waals surface area contributed by atoms with Crippen LogP contribution in [0.2, 0.25) is 5.02 Å². The van der Waals surface area contributed by atoms with Crippen molar-refractivity contribution >= 4 is 49.0 Å². The molecule has 0 aliphatic heterocycles. The van der Waals surface area contributed by atoms with E-state index in [2.05, 4.69) is 10.4 Å². The Morgan fingerprint density at radius 3 is 2.79 bits per heavy atom. The van der Waals surface area contributed by atoms with E-state index >= 15 is 0 Å². The van der Waals surface area contributed by atoms with Crippen LogP contribution in [0.5, 0.6) is 0 Å². The molecule has 1 N–H and O–H groups in total. The van der Waals surface area contributed by atoms with E-state index in [1.807, 2.05) is 50.2 Å². The number of amides is 1. The van der Waals surface area contributed by atoms with Crippen molar-refractivity contribution in [2.75, 3.05) is 0 Å². The normalized spacial score (nSPS) is 12.4. The molecule has 2 heterocycles. The van der Waals surface area contributed by atoms with Gasteiger partial charge in [-0.3, -0.25) is 9.59 Å². The second kappa shape index (κ2) is 7.97. The van der Waals surface area contributed by atoms with E-state index in [1.54, 1.807) is 23.5 Å². The van der Waals surface area contributed by atoms with Gasteiger partial charge in [-0.05, 0) is 37.1 Å². The SMILES string of the molecule is CC[C@@H](C(=O)NCc1cccc(Cl)c1)n1nc(C)c2sc3ccccc3c2c1=O. The second-order valence-corrected chi connectivity index (χ2v) is 8.40. The molecule has 0 spiro atoms. The monoisotopic (exact) mass is 425 g/mol. The minimum Gasteiger partial charge on any atom is -0.350 e. The van der Waals surface area contributed by atoms with E-state index in [-0.39, 0.29) is 11.5 Å². The zero-order chi connectivity index (χ0) is 20.5. The Labute approximate surface area is 176 Å². The fourth-order valence-corrected chi connectivity index (χ4v) is 4.86. The Hall–Kier alpha value is -2.70. The van der Waals surface area contributed by atoms with Gasteiger partial charge in [0.25, 0.3) is 5.56 Å². The zero-order valence-electron chi connectivity index (χ0n) is 16.1. The lowest BCUT2D eigenvalue weighted by Gasteiger charge is -2.17. The third-order valence-electron chi connectivity index (χ3n) is 4.94. The van der Waals surface area contributed by atoms with E-state index in [0.717, 1.165) is 26.0 Å². The highest BCUT2D eigenvalue weighted by atomic mass is 35.5. The van der Waals surface area contributed by atoms with Gasteiger partial charge in [-0.1, -0.05) is 48.9 Å². The second-order valence-electron chi connectivity index (χ2n) is 6.91. The van der Waals surface area contributed by atoms with Crippen LogP contribution in [0.15, 0.2) is 53.3 Å². The molecule has 0 radical (unpaired) electrons. The molecule has 29 heavy (non-hydrogen) atoms. The molecule has 0 aliphatic carbocycles. The number of aryl methyl sites for hydroxylation is 1. The summed E-state index contributed by atoms with van der Waals surface area (Å²) in [4.78, 5) is 26.2. The Morgan fingerprint density at radius 2 is 2.03 bits per heavy atom. The predicted octanol–water partition coefficient (Wildman–Crippen LogP) is 4.84. The lowest BCUT2D eigenvalue weighted by atomic mass is 10.1. The van der Waals surface area contributed by atoms with Gasteiger partial charge in [0.2, 0.25) is 5.91 Å². The van der Waals surface area contributed by atoms with Crippen LogP contribution in [0, 0.1) is 6.92 Å². The molecular formula is C22H20ClN3O2S. The van der Waals surface area contributed by atoms with Gasteiger partial charge in [0.15, 0.2) is 0 Å². The first-order valence-corrected chi connectivity index (χ1v) is 10.6. The molecule has 0 unspecified atom stereocenters. The molecule has 0 bridgehead atoms. The van der Waals surface area contributed by atoms with Gasteiger partial charge in [-0.2, -0.15) is 5.10 Å². The van der Waals surface area contributed by atoms with Gasteiger partial charge < -0.3 is 5.32 Å². The van der Waals surface area contributed by atoms with E-state index < -0.39 is 6.04 Å². The van der Waals surface area contributed by atoms with Gasteiger partial charge in [0.05, 0.1) is 15.8 Å². The number of hydrogen-bond donors (Lipinski definition) is 1. The highest BCUT2D eigenvalue weighted by Crippen LogP contribution is 2.33. The molecule has 0 aliphatic rings. The van der Waals surface area contributed by atoms with E-state index in [4.69, 9.17) is 11.6 Å². The number of rotatable bonds is 5. The van der Waals surface area contributed by atoms with Crippen LogP contribution in [0.3, 0.4) is 0 Å². The number of hydrogen-bond acceptors (Lipinski definition) is 4. The van der Waals surface area contributed by atoms with Gasteiger partial charge in [0, 0.05) is 21.7 Å². The van der Waals surface area contributed by atoms with Gasteiger partial charge in [0.1, 0.15) is 6.04 Å². The molecule has 148 valence electrons. The van der Waals surface area contributed by atoms with Crippen molar-refractivity contribution in [3.63, 3.8) is 0 Å². The number of carbonyl (C=O) groups is 1. The Kier molecular flexibility index (Phi) is 5.39. The van der Waals surface area contributed by atoms with Gasteiger partial charge in [-0.25, -0.2) is 4.68 Å². The number of halogens is 1. The average molecular weight is 426 g/mol. The van der Waals surface area contributed by atoms with Crippen LogP contribution in [0.4, 0.5) is 0 Å². The quantitative estimate of drug-likeness (QED) is 0.497. The molecule has 2 aromatic heterocycles. The molecule has 7 heteroatoms. The molecule has 0 fully saturated rings. The smallest absolute Gasteiger partial charge is 0.276 e. The maximum absolute atomic E-state index is 13.3. The van der Waals surface area contributed by atoms with Crippen molar-refractivity contribution in [2.45, 2.75) is 32.9 Å². The first-order valence-electron chi connectivity index (χ1n) is 9.42. The van der Waals surface area contributed by atoms with Gasteiger partial charge in [-0.15, -0.1) is 11.3 Å². The molecule has 1 atom stereocenters. The maximum Gasteiger partial charge on any atom is 0.276 e. The third kappa shape index (κ3) is 3.66. The molecule has 0 saturated carbocycles. The fraction of sp³-hybridized carbons (Fsp3) is 0.227. The minimum atomic E-state index is -0.677. The number of nitrogens with zero attached hydrogens (tertiary/aromatic N) is 2. The molecular weight excluding hydrogens is 406 g/mol. The van der Waals surface area contributed by atoms with E-state index in [0.29, 0.717) is 23.4 Å². The van der Waals surface area contributed by atoms with Crippen LogP contribution in [0.1, 0.15) is 30.6 Å². The summed E-state index contributed by atoms with van der Waals surface area (Å²) in [6.45, 7) is 4.10. The lowest BCUT2D eigenvalue weighted by molar-refractivity contribution is -0.125. The van der Waals surface area contributed by atoms with Crippen molar-refractivity contribution in [3.8, 4) is 0 Å². The van der Waals surface area contributed by atoms with Crippen LogP contribution < -0.4 is 10.9 Å². The highest BCUT2D eigenvalue weighted by molar-refractivity contribution is 7.26. The van der Waals surface area contributed by atoms with Crippen LogP contribution in [0.25, 0.3) is 20.2 Å². The van der Waals surface area contributed by atoms with Crippen LogP contribution in [-0.2, 0) is 11.3 Å². The number of nitrogens with one attached hydrogen (secondary N) is 1. The molecule has 4 aromatic rings. The topological polar surface area (TPSA) is 64.0 Å². The number of carbonyl (C=O) groups excluding carboxylic acids is 1. The molecule has 1 amide bonds. The number of benzene rings is 2. The lowest BCUT2D eigenvalue weighted by Crippen LogP contribution is -2.38. The predicted molar refractivity (Wildman–Crippen MR) is 119 cm³/mol. The third-order valence-corrected chi connectivity index (χ3v) is 6.46. The van der Waals surface area contributed by atoms with Crippen molar-refractivity contribution in [1.29, 1.82) is 0 Å². The number of thiophene rings is 1. The highest BCUT2D eigenvalue weighted by Gasteiger charge is 2.24. The van der Waals surface area contributed by atoms with E-state index in [1.165, 1.54) is 4.68 Å². The molecule has 5 nitrogen and oxygen atoms in total. The summed E-state index contributed by atoms with van der Waals surface area (Å²) in [6.07, 6.45) is 0.460. The molecule has 0 saturated heterocycles. The fourth-order valence-electron chi connectivity index (χ4n) is 3.51. The Morgan fingerprint density at radius 1 is 1.24 bits per heavy atom. The minimum absolute atomic E-state index is 0.229. The van der Waals surface area contributed by atoms with Crippen molar-refractivity contribution in [3.05, 3.63) is 75.2 Å². The van der Waals surface area contributed by atoms with Crippen molar-refractivity contribution < 1.29 is 4.79 Å². The summed E-state index contributed by atoms with van der Waals surface area (Å²) in [5.74, 6) is -0.236. The summed E-state index contributed by atoms with van der Waals surface area (Å²) in [5, 5.41) is 9.56. The Balaban J connectivity index is 1.71. The number of aromatic nitrogens is 2. The maximum atomic E-state index is 13.3. The molecule has 2 aromatic carbocycles. The van der Waals surface area contributed by atoms with Crippen LogP contribution in [-0.4, -0.2) is 15.7 Å². The van der Waals surface area contributed by atoms with Gasteiger partial charge >= 0.3 is 0 Å². The van der Waals surface area contributed by atoms with Crippen molar-refractivity contribution in [2.24, 2.45) is 0 Å². The summed E-state index contributed by atoms with van der Waals surface area (Å²) in [5.41, 5.74) is 1.42. The first kappa shape index (κ1) is 19.6. The molecule has 4 rings (SSSR count). The summed E-state index contributed by atoms with van der Waals surface area (Å²) >= 11 is 7.57. The Bertz CT molecular complexity index is 1280. The average Bonchev–Trinajstić information content (AvgIpc) is 3.11. The zero-order valence-corrected chi connectivity index (χ0v) is 17.7. The summed E-state index contributed by atoms with van der Waals surface area (Å²) < 4.78 is 3.26. The van der Waals surface area contributed by atoms with Crippen LogP contribution >= 0.6 is 22.9 Å². The summed E-state index contributed by atoms with van der Waals surface area (Å²) in [6, 6.07) is 14.5. The van der Waals surface area contributed by atoms with Crippen molar-refractivity contribution in [1.82, 2.24) is 15.1 Å². The number of fused-ring (bicyclic) bond motifs is 3. The summed E-state index contributed by atoms with van der Waals surface area (Å²) in [7, 11) is 0. The van der Waals surface area contributed by atoms with E-state index in [9.17, 15) is 9.59 Å². The largest absolute Gasteiger partial charge is 0.350 e. The first-order chi connectivity index (χ1) is 14.0.